The lowest BCUT2D eigenvalue weighted by molar-refractivity contribution is -0.113. The number of amides is 1. The van der Waals surface area contributed by atoms with Crippen LogP contribution in [0.15, 0.2) is 78.0 Å². The molecule has 0 aliphatic heterocycles. The Labute approximate surface area is 202 Å². The second kappa shape index (κ2) is 10.6. The quantitative estimate of drug-likeness (QED) is 0.322. The maximum Gasteiger partial charge on any atom is 0.234 e. The number of aromatic nitrogens is 3. The Balaban J connectivity index is 1.49. The second-order valence-corrected chi connectivity index (χ2v) is 8.83. The van der Waals surface area contributed by atoms with E-state index in [4.69, 9.17) is 16.3 Å². The Morgan fingerprint density at radius 3 is 2.61 bits per heavy atom. The highest BCUT2D eigenvalue weighted by Crippen LogP contribution is 2.25. The predicted octanol–water partition coefficient (Wildman–Crippen LogP) is 5.85. The number of ether oxygens (including phenoxy) is 1. The van der Waals surface area contributed by atoms with Crippen molar-refractivity contribution in [2.24, 2.45) is 0 Å². The largest absolute Gasteiger partial charge is 0.486 e. The van der Waals surface area contributed by atoms with Crippen LogP contribution in [0.25, 0.3) is 5.69 Å². The molecule has 6 nitrogen and oxygen atoms in total. The van der Waals surface area contributed by atoms with Gasteiger partial charge in [0.25, 0.3) is 0 Å². The van der Waals surface area contributed by atoms with Gasteiger partial charge >= 0.3 is 0 Å². The SMILES string of the molecule is Cc1cccc(NC(=O)CSc2nnc(COc3ccc(Cl)c(C)c3)n2-c2ccccc2)c1. The van der Waals surface area contributed by atoms with Gasteiger partial charge in [0.15, 0.2) is 11.0 Å². The van der Waals surface area contributed by atoms with Crippen LogP contribution in [0.4, 0.5) is 5.69 Å². The summed E-state index contributed by atoms with van der Waals surface area (Å²) in [5.41, 5.74) is 3.70. The van der Waals surface area contributed by atoms with Crippen molar-refractivity contribution in [2.75, 3.05) is 11.1 Å². The number of carbonyl (C=O) groups is 1. The topological polar surface area (TPSA) is 69.0 Å². The van der Waals surface area contributed by atoms with Gasteiger partial charge in [0.1, 0.15) is 12.4 Å². The smallest absolute Gasteiger partial charge is 0.234 e. The fraction of sp³-hybridized carbons (Fsp3) is 0.160. The van der Waals surface area contributed by atoms with Crippen LogP contribution in [-0.4, -0.2) is 26.4 Å². The van der Waals surface area contributed by atoms with Gasteiger partial charge in [0.2, 0.25) is 5.91 Å². The molecule has 1 N–H and O–H groups in total. The third kappa shape index (κ3) is 5.94. The molecule has 0 bridgehead atoms. The summed E-state index contributed by atoms with van der Waals surface area (Å²) in [6.45, 7) is 4.14. The number of thioether (sulfide) groups is 1. The third-order valence-corrected chi connectivity index (χ3v) is 6.20. The van der Waals surface area contributed by atoms with E-state index in [1.165, 1.54) is 11.8 Å². The van der Waals surface area contributed by atoms with E-state index in [1.54, 1.807) is 0 Å². The number of nitrogens with one attached hydrogen (secondary N) is 1. The molecule has 3 aromatic carbocycles. The molecule has 1 heterocycles. The molecule has 168 valence electrons. The highest BCUT2D eigenvalue weighted by atomic mass is 35.5. The summed E-state index contributed by atoms with van der Waals surface area (Å²) < 4.78 is 7.86. The van der Waals surface area contributed by atoms with Gasteiger partial charge in [-0.1, -0.05) is 53.7 Å². The van der Waals surface area contributed by atoms with E-state index in [0.717, 1.165) is 22.5 Å². The highest BCUT2D eigenvalue weighted by molar-refractivity contribution is 7.99. The Hall–Kier alpha value is -3.29. The number of para-hydroxylation sites is 1. The molecule has 4 rings (SSSR count). The van der Waals surface area contributed by atoms with Crippen LogP contribution < -0.4 is 10.1 Å². The zero-order valence-corrected chi connectivity index (χ0v) is 19.9. The molecule has 1 amide bonds. The Morgan fingerprint density at radius 1 is 1.03 bits per heavy atom. The molecule has 0 saturated carbocycles. The van der Waals surface area contributed by atoms with E-state index in [1.807, 2.05) is 91.2 Å². The van der Waals surface area contributed by atoms with Crippen LogP contribution in [0.1, 0.15) is 17.0 Å². The van der Waals surface area contributed by atoms with Crippen molar-refractivity contribution in [1.29, 1.82) is 0 Å². The minimum Gasteiger partial charge on any atom is -0.486 e. The zero-order chi connectivity index (χ0) is 23.2. The molecule has 0 aliphatic rings. The van der Waals surface area contributed by atoms with Crippen molar-refractivity contribution < 1.29 is 9.53 Å². The molecule has 0 unspecified atom stereocenters. The molecular weight excluding hydrogens is 456 g/mol. The molecule has 4 aromatic rings. The standard InChI is InChI=1S/C25H23ClN4O2S/c1-17-7-6-8-19(13-17)27-24(31)16-33-25-29-28-23(30(25)20-9-4-3-5-10-20)15-32-21-11-12-22(26)18(2)14-21/h3-14H,15-16H2,1-2H3,(H,27,31). The molecule has 1 aromatic heterocycles. The number of nitrogens with zero attached hydrogens (tertiary/aromatic N) is 3. The van der Waals surface area contributed by atoms with Crippen molar-refractivity contribution in [1.82, 2.24) is 14.8 Å². The zero-order valence-electron chi connectivity index (χ0n) is 18.3. The summed E-state index contributed by atoms with van der Waals surface area (Å²) in [7, 11) is 0. The van der Waals surface area contributed by atoms with Crippen molar-refractivity contribution >= 4 is 35.0 Å². The summed E-state index contributed by atoms with van der Waals surface area (Å²) in [5, 5.41) is 12.9. The number of hydrogen-bond acceptors (Lipinski definition) is 5. The maximum absolute atomic E-state index is 12.5. The van der Waals surface area contributed by atoms with Crippen LogP contribution in [0.2, 0.25) is 5.02 Å². The van der Waals surface area contributed by atoms with Gasteiger partial charge in [-0.3, -0.25) is 9.36 Å². The number of aryl methyl sites for hydroxylation is 2. The summed E-state index contributed by atoms with van der Waals surface area (Å²) >= 11 is 7.43. The van der Waals surface area contributed by atoms with E-state index >= 15 is 0 Å². The van der Waals surface area contributed by atoms with E-state index in [0.29, 0.717) is 21.8 Å². The van der Waals surface area contributed by atoms with Gasteiger partial charge in [0.05, 0.1) is 5.75 Å². The Bertz CT molecular complexity index is 1260. The van der Waals surface area contributed by atoms with Gasteiger partial charge < -0.3 is 10.1 Å². The summed E-state index contributed by atoms with van der Waals surface area (Å²) in [5.74, 6) is 1.43. The first-order valence-electron chi connectivity index (χ1n) is 10.4. The first-order chi connectivity index (χ1) is 16.0. The number of carbonyl (C=O) groups excluding carboxylic acids is 1. The van der Waals surface area contributed by atoms with Crippen LogP contribution in [0, 0.1) is 13.8 Å². The molecule has 33 heavy (non-hydrogen) atoms. The predicted molar refractivity (Wildman–Crippen MR) is 132 cm³/mol. The van der Waals surface area contributed by atoms with E-state index in [2.05, 4.69) is 15.5 Å². The average molecular weight is 479 g/mol. The minimum absolute atomic E-state index is 0.109. The lowest BCUT2D eigenvalue weighted by Gasteiger charge is -2.12. The van der Waals surface area contributed by atoms with Gasteiger partial charge in [-0.15, -0.1) is 10.2 Å². The molecule has 0 saturated heterocycles. The summed E-state index contributed by atoms with van der Waals surface area (Å²) in [6, 6.07) is 23.0. The monoisotopic (exact) mass is 478 g/mol. The van der Waals surface area contributed by atoms with Crippen LogP contribution >= 0.6 is 23.4 Å². The molecule has 0 aliphatic carbocycles. The van der Waals surface area contributed by atoms with Crippen LogP contribution in [0.3, 0.4) is 0 Å². The molecule has 0 atom stereocenters. The summed E-state index contributed by atoms with van der Waals surface area (Å²) in [6.07, 6.45) is 0. The van der Waals surface area contributed by atoms with Crippen molar-refractivity contribution in [3.05, 3.63) is 94.8 Å². The number of halogens is 1. The lowest BCUT2D eigenvalue weighted by atomic mass is 10.2. The van der Waals surface area contributed by atoms with Gasteiger partial charge in [-0.2, -0.15) is 0 Å². The maximum atomic E-state index is 12.5. The first kappa shape index (κ1) is 22.9. The normalized spacial score (nSPS) is 10.8. The van der Waals surface area contributed by atoms with E-state index in [9.17, 15) is 4.79 Å². The second-order valence-electron chi connectivity index (χ2n) is 7.48. The fourth-order valence-electron chi connectivity index (χ4n) is 3.23. The molecule has 0 spiro atoms. The number of anilines is 1. The van der Waals surface area contributed by atoms with Gasteiger partial charge in [0, 0.05) is 16.4 Å². The van der Waals surface area contributed by atoms with E-state index in [-0.39, 0.29) is 18.3 Å². The number of hydrogen-bond donors (Lipinski definition) is 1. The highest BCUT2D eigenvalue weighted by Gasteiger charge is 2.17. The molecular formula is C25H23ClN4O2S. The number of benzene rings is 3. The Kier molecular flexibility index (Phi) is 7.32. The minimum atomic E-state index is -0.109. The fourth-order valence-corrected chi connectivity index (χ4v) is 4.12. The lowest BCUT2D eigenvalue weighted by Crippen LogP contribution is -2.15. The van der Waals surface area contributed by atoms with Crippen LogP contribution in [-0.2, 0) is 11.4 Å². The molecule has 8 heteroatoms. The summed E-state index contributed by atoms with van der Waals surface area (Å²) in [4.78, 5) is 12.5. The van der Waals surface area contributed by atoms with Crippen molar-refractivity contribution in [3.63, 3.8) is 0 Å². The van der Waals surface area contributed by atoms with Crippen molar-refractivity contribution in [2.45, 2.75) is 25.6 Å². The van der Waals surface area contributed by atoms with Crippen LogP contribution in [0.5, 0.6) is 5.75 Å². The Morgan fingerprint density at radius 2 is 1.85 bits per heavy atom. The number of rotatable bonds is 8. The molecule has 0 radical (unpaired) electrons. The molecule has 0 fully saturated rings. The van der Waals surface area contributed by atoms with E-state index < -0.39 is 0 Å². The average Bonchev–Trinajstić information content (AvgIpc) is 3.22. The van der Waals surface area contributed by atoms with Crippen molar-refractivity contribution in [3.8, 4) is 11.4 Å². The van der Waals surface area contributed by atoms with Gasteiger partial charge in [-0.05, 0) is 67.4 Å². The third-order valence-electron chi connectivity index (χ3n) is 4.85. The van der Waals surface area contributed by atoms with Gasteiger partial charge in [-0.25, -0.2) is 0 Å². The first-order valence-corrected chi connectivity index (χ1v) is 11.7.